The van der Waals surface area contributed by atoms with Gasteiger partial charge in [0.1, 0.15) is 11.3 Å². The summed E-state index contributed by atoms with van der Waals surface area (Å²) in [4.78, 5) is 21.6. The van der Waals surface area contributed by atoms with E-state index < -0.39 is 11.9 Å². The van der Waals surface area contributed by atoms with Crippen molar-refractivity contribution in [3.05, 3.63) is 46.8 Å². The number of aromatic nitrogens is 1. The lowest BCUT2D eigenvalue weighted by Crippen LogP contribution is -2.03. The number of carbonyl (C=O) groups is 2. The first-order valence-electron chi connectivity index (χ1n) is 6.77. The minimum absolute atomic E-state index is 0.0491. The number of benzene rings is 1. The summed E-state index contributed by atoms with van der Waals surface area (Å²) in [7, 11) is 0. The molecule has 0 aliphatic carbocycles. The van der Waals surface area contributed by atoms with Crippen molar-refractivity contribution in [2.24, 2.45) is 0 Å². The maximum Gasteiger partial charge on any atom is 0.339 e. The van der Waals surface area contributed by atoms with Gasteiger partial charge in [0.25, 0.3) is 0 Å². The predicted molar refractivity (Wildman–Crippen MR) is 79.8 cm³/mol. The van der Waals surface area contributed by atoms with Crippen LogP contribution in [0.4, 0.5) is 0 Å². The van der Waals surface area contributed by atoms with Crippen molar-refractivity contribution in [1.82, 2.24) is 4.57 Å². The lowest BCUT2D eigenvalue weighted by atomic mass is 10.1. The average Bonchev–Trinajstić information content (AvgIpc) is 2.70. The zero-order valence-electron chi connectivity index (χ0n) is 12.3. The van der Waals surface area contributed by atoms with Crippen LogP contribution in [-0.2, 0) is 11.2 Å². The van der Waals surface area contributed by atoms with Gasteiger partial charge in [-0.05, 0) is 44.0 Å². The van der Waals surface area contributed by atoms with Gasteiger partial charge in [0.05, 0.1) is 0 Å². The summed E-state index contributed by atoms with van der Waals surface area (Å²) in [5.41, 5.74) is 3.17. The molecule has 1 aromatic carbocycles. The van der Waals surface area contributed by atoms with E-state index in [1.165, 1.54) is 12.1 Å². The minimum Gasteiger partial charge on any atom is -0.507 e. The van der Waals surface area contributed by atoms with Crippen molar-refractivity contribution < 1.29 is 24.9 Å². The number of aliphatic carboxylic acids is 1. The van der Waals surface area contributed by atoms with Crippen LogP contribution >= 0.6 is 0 Å². The Labute approximate surface area is 127 Å². The molecule has 3 N–H and O–H groups in total. The molecule has 22 heavy (non-hydrogen) atoms. The molecular weight excluding hydrogens is 286 g/mol. The van der Waals surface area contributed by atoms with Crippen LogP contribution in [0.5, 0.6) is 5.75 Å². The highest BCUT2D eigenvalue weighted by Crippen LogP contribution is 2.26. The van der Waals surface area contributed by atoms with Gasteiger partial charge in [-0.25, -0.2) is 4.79 Å². The Morgan fingerprint density at radius 3 is 2.36 bits per heavy atom. The first-order chi connectivity index (χ1) is 10.3. The topological polar surface area (TPSA) is 99.8 Å². The third-order valence-corrected chi connectivity index (χ3v) is 3.61. The van der Waals surface area contributed by atoms with E-state index >= 15 is 0 Å². The molecule has 0 bridgehead atoms. The van der Waals surface area contributed by atoms with Crippen molar-refractivity contribution in [2.75, 3.05) is 0 Å². The quantitative estimate of drug-likeness (QED) is 0.788. The second kappa shape index (κ2) is 5.93. The predicted octanol–water partition coefficient (Wildman–Crippen LogP) is 2.52. The third kappa shape index (κ3) is 2.95. The van der Waals surface area contributed by atoms with Gasteiger partial charge in [0.2, 0.25) is 0 Å². The summed E-state index contributed by atoms with van der Waals surface area (Å²) in [5.74, 6) is -2.34. The molecule has 0 fully saturated rings. The number of aryl methyl sites for hydroxylation is 2. The minimum atomic E-state index is -1.19. The summed E-state index contributed by atoms with van der Waals surface area (Å²) in [6.07, 6.45) is 0.474. The van der Waals surface area contributed by atoms with Crippen LogP contribution in [0.25, 0.3) is 5.69 Å². The van der Waals surface area contributed by atoms with Crippen LogP contribution < -0.4 is 0 Å². The van der Waals surface area contributed by atoms with Crippen LogP contribution in [0.3, 0.4) is 0 Å². The summed E-state index contributed by atoms with van der Waals surface area (Å²) < 4.78 is 1.86. The van der Waals surface area contributed by atoms with E-state index in [9.17, 15) is 14.7 Å². The Balaban J connectivity index is 2.43. The maximum absolute atomic E-state index is 10.9. The molecule has 0 saturated carbocycles. The molecule has 0 atom stereocenters. The van der Waals surface area contributed by atoms with Crippen LogP contribution in [-0.4, -0.2) is 31.8 Å². The van der Waals surface area contributed by atoms with Gasteiger partial charge in [0, 0.05) is 29.6 Å². The Morgan fingerprint density at radius 1 is 1.14 bits per heavy atom. The average molecular weight is 303 g/mol. The summed E-state index contributed by atoms with van der Waals surface area (Å²) in [6, 6.07) is 6.26. The Bertz CT molecular complexity index is 745. The van der Waals surface area contributed by atoms with Crippen molar-refractivity contribution >= 4 is 11.9 Å². The molecular formula is C16H17NO5. The zero-order chi connectivity index (χ0) is 16.4. The zero-order valence-corrected chi connectivity index (χ0v) is 12.3. The fourth-order valence-corrected chi connectivity index (χ4v) is 2.56. The van der Waals surface area contributed by atoms with E-state index in [-0.39, 0.29) is 17.7 Å². The lowest BCUT2D eigenvalue weighted by molar-refractivity contribution is -0.136. The van der Waals surface area contributed by atoms with Gasteiger partial charge in [0.15, 0.2) is 0 Å². The number of rotatable bonds is 5. The molecule has 0 aliphatic rings. The third-order valence-electron chi connectivity index (χ3n) is 3.61. The van der Waals surface area contributed by atoms with Gasteiger partial charge >= 0.3 is 11.9 Å². The molecule has 0 unspecified atom stereocenters. The number of aromatic hydroxyl groups is 1. The standard InChI is InChI=1S/C16H17NO5/c1-9-7-11(3-6-15(19)20)10(2)17(9)12-4-5-13(16(21)22)14(18)8-12/h4-5,7-8,18H,3,6H2,1-2H3,(H,19,20)(H,21,22). The lowest BCUT2D eigenvalue weighted by Gasteiger charge is -2.11. The van der Waals surface area contributed by atoms with E-state index in [1.54, 1.807) is 6.07 Å². The van der Waals surface area contributed by atoms with Crippen molar-refractivity contribution in [2.45, 2.75) is 26.7 Å². The molecule has 1 aromatic heterocycles. The van der Waals surface area contributed by atoms with Crippen LogP contribution in [0.2, 0.25) is 0 Å². The highest BCUT2D eigenvalue weighted by atomic mass is 16.4. The van der Waals surface area contributed by atoms with Gasteiger partial charge in [-0.15, -0.1) is 0 Å². The monoisotopic (exact) mass is 303 g/mol. The number of phenols is 1. The Kier molecular flexibility index (Phi) is 4.21. The summed E-state index contributed by atoms with van der Waals surface area (Å²) in [5, 5.41) is 27.5. The summed E-state index contributed by atoms with van der Waals surface area (Å²) >= 11 is 0. The van der Waals surface area contributed by atoms with Crippen molar-refractivity contribution in [1.29, 1.82) is 0 Å². The fraction of sp³-hybridized carbons (Fsp3) is 0.250. The molecule has 2 aromatic rings. The molecule has 0 saturated heterocycles. The highest BCUT2D eigenvalue weighted by Gasteiger charge is 2.15. The number of carboxylic acid groups (broad SMARTS) is 2. The number of aromatic carboxylic acids is 1. The SMILES string of the molecule is Cc1cc(CCC(=O)O)c(C)n1-c1ccc(C(=O)O)c(O)c1. The van der Waals surface area contributed by atoms with Gasteiger partial charge in [-0.1, -0.05) is 0 Å². The second-order valence-corrected chi connectivity index (χ2v) is 5.13. The molecule has 0 amide bonds. The van der Waals surface area contributed by atoms with E-state index in [0.717, 1.165) is 17.0 Å². The normalized spacial score (nSPS) is 10.6. The molecule has 1 heterocycles. The molecule has 6 nitrogen and oxygen atoms in total. The first-order valence-corrected chi connectivity index (χ1v) is 6.77. The molecule has 2 rings (SSSR count). The van der Waals surface area contributed by atoms with E-state index in [2.05, 4.69) is 0 Å². The van der Waals surface area contributed by atoms with Crippen LogP contribution in [0, 0.1) is 13.8 Å². The Hall–Kier alpha value is -2.76. The van der Waals surface area contributed by atoms with Crippen LogP contribution in [0.1, 0.15) is 33.7 Å². The fourth-order valence-electron chi connectivity index (χ4n) is 2.56. The number of carboxylic acids is 2. The van der Waals surface area contributed by atoms with Gasteiger partial charge < -0.3 is 19.9 Å². The molecule has 0 spiro atoms. The summed E-state index contributed by atoms with van der Waals surface area (Å²) in [6.45, 7) is 3.74. The van der Waals surface area contributed by atoms with Crippen LogP contribution in [0.15, 0.2) is 24.3 Å². The molecule has 6 heteroatoms. The second-order valence-electron chi connectivity index (χ2n) is 5.13. The Morgan fingerprint density at radius 2 is 1.82 bits per heavy atom. The molecule has 0 aliphatic heterocycles. The van der Waals surface area contributed by atoms with Gasteiger partial charge in [-0.3, -0.25) is 4.79 Å². The van der Waals surface area contributed by atoms with E-state index in [4.69, 9.17) is 10.2 Å². The number of nitrogens with zero attached hydrogens (tertiary/aromatic N) is 1. The first kappa shape index (κ1) is 15.6. The van der Waals surface area contributed by atoms with Crippen molar-refractivity contribution in [3.8, 4) is 11.4 Å². The van der Waals surface area contributed by atoms with E-state index in [0.29, 0.717) is 12.1 Å². The smallest absolute Gasteiger partial charge is 0.339 e. The number of hydrogen-bond donors (Lipinski definition) is 3. The van der Waals surface area contributed by atoms with Crippen molar-refractivity contribution in [3.63, 3.8) is 0 Å². The van der Waals surface area contributed by atoms with Gasteiger partial charge in [-0.2, -0.15) is 0 Å². The largest absolute Gasteiger partial charge is 0.507 e. The molecule has 116 valence electrons. The number of hydrogen-bond acceptors (Lipinski definition) is 3. The molecule has 0 radical (unpaired) electrons. The van der Waals surface area contributed by atoms with E-state index in [1.807, 2.05) is 24.5 Å². The highest BCUT2D eigenvalue weighted by molar-refractivity contribution is 5.91. The maximum atomic E-state index is 10.9.